The van der Waals surface area contributed by atoms with Gasteiger partial charge in [0, 0.05) is 0 Å². The van der Waals surface area contributed by atoms with Crippen LogP contribution < -0.4 is 0 Å². The van der Waals surface area contributed by atoms with Crippen LogP contribution in [-0.2, 0) is 26.8 Å². The summed E-state index contributed by atoms with van der Waals surface area (Å²) in [6, 6.07) is 15.4. The third-order valence-electron chi connectivity index (χ3n) is 3.38. The van der Waals surface area contributed by atoms with Gasteiger partial charge in [0.25, 0.3) is 0 Å². The van der Waals surface area contributed by atoms with Crippen molar-refractivity contribution < 1.29 is 18.3 Å². The Labute approximate surface area is 130 Å². The van der Waals surface area contributed by atoms with E-state index in [1.54, 1.807) is 12.1 Å². The number of hydrogen-bond donors (Lipinski definition) is 1. The average molecular weight is 318 g/mol. The normalized spacial score (nSPS) is 11.3. The summed E-state index contributed by atoms with van der Waals surface area (Å²) < 4.78 is 23.3. The van der Waals surface area contributed by atoms with Crippen LogP contribution >= 0.6 is 0 Å². The van der Waals surface area contributed by atoms with E-state index >= 15 is 0 Å². The lowest BCUT2D eigenvalue weighted by Crippen LogP contribution is -2.16. The standard InChI is InChI=1S/C17H18O4S/c1-2-13-3-7-15(8-4-13)16-9-5-14(6-10-16)11-22(20,21)12-17(18)19/h3-10H,2,11-12H2,1H3,(H,18,19). The van der Waals surface area contributed by atoms with E-state index in [1.165, 1.54) is 5.56 Å². The van der Waals surface area contributed by atoms with E-state index < -0.39 is 21.6 Å². The van der Waals surface area contributed by atoms with E-state index in [0.29, 0.717) is 5.56 Å². The van der Waals surface area contributed by atoms with E-state index in [2.05, 4.69) is 19.1 Å². The van der Waals surface area contributed by atoms with Crippen molar-refractivity contribution in [3.8, 4) is 11.1 Å². The molecular weight excluding hydrogens is 300 g/mol. The van der Waals surface area contributed by atoms with Crippen molar-refractivity contribution in [2.75, 3.05) is 5.75 Å². The Hall–Kier alpha value is -2.14. The van der Waals surface area contributed by atoms with Gasteiger partial charge in [-0.05, 0) is 28.7 Å². The summed E-state index contributed by atoms with van der Waals surface area (Å²) >= 11 is 0. The van der Waals surface area contributed by atoms with Gasteiger partial charge in [-0.15, -0.1) is 0 Å². The number of rotatable bonds is 6. The zero-order valence-corrected chi connectivity index (χ0v) is 13.1. The highest BCUT2D eigenvalue weighted by Gasteiger charge is 2.16. The van der Waals surface area contributed by atoms with Crippen LogP contribution in [0.2, 0.25) is 0 Å². The quantitative estimate of drug-likeness (QED) is 0.889. The smallest absolute Gasteiger partial charge is 0.318 e. The highest BCUT2D eigenvalue weighted by atomic mass is 32.2. The topological polar surface area (TPSA) is 71.4 Å². The van der Waals surface area contributed by atoms with Gasteiger partial charge in [0.2, 0.25) is 0 Å². The monoisotopic (exact) mass is 318 g/mol. The minimum Gasteiger partial charge on any atom is -0.480 e. The van der Waals surface area contributed by atoms with Gasteiger partial charge in [0.1, 0.15) is 5.75 Å². The van der Waals surface area contributed by atoms with Crippen molar-refractivity contribution in [3.05, 3.63) is 59.7 Å². The molecule has 1 N–H and O–H groups in total. The largest absolute Gasteiger partial charge is 0.480 e. The molecule has 0 saturated heterocycles. The second-order valence-electron chi connectivity index (χ2n) is 5.17. The fourth-order valence-corrected chi connectivity index (χ4v) is 3.40. The highest BCUT2D eigenvalue weighted by Crippen LogP contribution is 2.21. The molecule has 22 heavy (non-hydrogen) atoms. The van der Waals surface area contributed by atoms with Crippen molar-refractivity contribution >= 4 is 15.8 Å². The van der Waals surface area contributed by atoms with E-state index in [9.17, 15) is 13.2 Å². The Kier molecular flexibility index (Phi) is 4.98. The predicted octanol–water partition coefficient (Wildman–Crippen LogP) is 2.92. The first kappa shape index (κ1) is 16.2. The Morgan fingerprint density at radius 3 is 1.77 bits per heavy atom. The van der Waals surface area contributed by atoms with E-state index in [0.717, 1.165) is 17.5 Å². The summed E-state index contributed by atoms with van der Waals surface area (Å²) in [6.45, 7) is 2.10. The molecule has 0 fully saturated rings. The minimum absolute atomic E-state index is 0.256. The highest BCUT2D eigenvalue weighted by molar-refractivity contribution is 7.91. The second-order valence-corrected chi connectivity index (χ2v) is 7.24. The number of aliphatic carboxylic acids is 1. The van der Waals surface area contributed by atoms with Crippen LogP contribution in [0.25, 0.3) is 11.1 Å². The first-order valence-corrected chi connectivity index (χ1v) is 8.82. The molecule has 116 valence electrons. The Morgan fingerprint density at radius 1 is 0.909 bits per heavy atom. The Bertz CT molecular complexity index is 744. The first-order chi connectivity index (χ1) is 10.4. The van der Waals surface area contributed by atoms with Crippen molar-refractivity contribution in [1.29, 1.82) is 0 Å². The lowest BCUT2D eigenvalue weighted by molar-refractivity contribution is -0.134. The summed E-state index contributed by atoms with van der Waals surface area (Å²) in [4.78, 5) is 10.5. The van der Waals surface area contributed by atoms with E-state index in [4.69, 9.17) is 5.11 Å². The van der Waals surface area contributed by atoms with Crippen molar-refractivity contribution in [3.63, 3.8) is 0 Å². The van der Waals surface area contributed by atoms with E-state index in [1.807, 2.05) is 24.3 Å². The third-order valence-corrected chi connectivity index (χ3v) is 4.84. The van der Waals surface area contributed by atoms with Gasteiger partial charge in [-0.3, -0.25) is 4.79 Å². The van der Waals surface area contributed by atoms with Crippen LogP contribution in [0.5, 0.6) is 0 Å². The van der Waals surface area contributed by atoms with Crippen LogP contribution in [0.15, 0.2) is 48.5 Å². The van der Waals surface area contributed by atoms with Gasteiger partial charge in [-0.2, -0.15) is 0 Å². The zero-order chi connectivity index (χ0) is 16.2. The molecule has 0 amide bonds. The van der Waals surface area contributed by atoms with Gasteiger partial charge >= 0.3 is 5.97 Å². The molecule has 0 atom stereocenters. The average Bonchev–Trinajstić information content (AvgIpc) is 2.46. The number of hydrogen-bond acceptors (Lipinski definition) is 3. The summed E-state index contributed by atoms with van der Waals surface area (Å²) in [5.74, 6) is -2.42. The maximum Gasteiger partial charge on any atom is 0.318 e. The molecule has 0 aliphatic rings. The molecule has 0 unspecified atom stereocenters. The molecule has 0 aromatic heterocycles. The third kappa shape index (κ3) is 4.43. The van der Waals surface area contributed by atoms with Crippen LogP contribution in [-0.4, -0.2) is 25.2 Å². The number of carboxylic acids is 1. The molecule has 0 aliphatic heterocycles. The Balaban J connectivity index is 2.14. The molecule has 4 nitrogen and oxygen atoms in total. The van der Waals surface area contributed by atoms with Gasteiger partial charge in [0.15, 0.2) is 9.84 Å². The van der Waals surface area contributed by atoms with E-state index in [-0.39, 0.29) is 5.75 Å². The molecule has 0 spiro atoms. The van der Waals surface area contributed by atoms with Gasteiger partial charge in [-0.1, -0.05) is 55.5 Å². The molecule has 5 heteroatoms. The van der Waals surface area contributed by atoms with Crippen LogP contribution in [0.4, 0.5) is 0 Å². The lowest BCUT2D eigenvalue weighted by Gasteiger charge is -2.06. The summed E-state index contributed by atoms with van der Waals surface area (Å²) in [5.41, 5.74) is 3.93. The number of benzene rings is 2. The van der Waals surface area contributed by atoms with Gasteiger partial charge in [-0.25, -0.2) is 8.42 Å². The van der Waals surface area contributed by atoms with Crippen molar-refractivity contribution in [2.24, 2.45) is 0 Å². The molecule has 0 heterocycles. The fourth-order valence-electron chi connectivity index (χ4n) is 2.22. The number of sulfone groups is 1. The molecule has 0 saturated carbocycles. The minimum atomic E-state index is -3.62. The number of carboxylic acid groups (broad SMARTS) is 1. The van der Waals surface area contributed by atoms with Crippen LogP contribution in [0.1, 0.15) is 18.1 Å². The second kappa shape index (κ2) is 6.75. The first-order valence-electron chi connectivity index (χ1n) is 7.00. The number of carbonyl (C=O) groups is 1. The maximum atomic E-state index is 11.7. The van der Waals surface area contributed by atoms with Gasteiger partial charge < -0.3 is 5.11 Å². The number of aryl methyl sites for hydroxylation is 1. The molecule has 2 aromatic carbocycles. The molecule has 0 aliphatic carbocycles. The zero-order valence-electron chi connectivity index (χ0n) is 12.3. The fraction of sp³-hybridized carbons (Fsp3) is 0.235. The van der Waals surface area contributed by atoms with Crippen molar-refractivity contribution in [2.45, 2.75) is 19.1 Å². The van der Waals surface area contributed by atoms with Crippen LogP contribution in [0.3, 0.4) is 0 Å². The molecule has 2 aromatic rings. The predicted molar refractivity (Wildman–Crippen MR) is 86.4 cm³/mol. The van der Waals surface area contributed by atoms with Gasteiger partial charge in [0.05, 0.1) is 5.75 Å². The SMILES string of the molecule is CCc1ccc(-c2ccc(CS(=O)(=O)CC(=O)O)cc2)cc1. The molecule has 0 bridgehead atoms. The molecular formula is C17H18O4S. The summed E-state index contributed by atoms with van der Waals surface area (Å²) in [6.07, 6.45) is 0.987. The Morgan fingerprint density at radius 2 is 1.36 bits per heavy atom. The molecule has 2 rings (SSSR count). The summed E-state index contributed by atoms with van der Waals surface area (Å²) in [5, 5.41) is 8.58. The van der Waals surface area contributed by atoms with Crippen LogP contribution in [0, 0.1) is 0 Å². The lowest BCUT2D eigenvalue weighted by atomic mass is 10.0. The summed E-state index contributed by atoms with van der Waals surface area (Å²) in [7, 11) is -3.62. The van der Waals surface area contributed by atoms with Crippen molar-refractivity contribution in [1.82, 2.24) is 0 Å². The molecule has 0 radical (unpaired) electrons. The maximum absolute atomic E-state index is 11.7.